The number of benzene rings is 1. The van der Waals surface area contributed by atoms with Crippen molar-refractivity contribution in [3.63, 3.8) is 0 Å². The summed E-state index contributed by atoms with van der Waals surface area (Å²) in [4.78, 5) is 24.4. The summed E-state index contributed by atoms with van der Waals surface area (Å²) in [6.07, 6.45) is 7.95. The molecule has 26 heavy (non-hydrogen) atoms. The number of aryl methyl sites for hydroxylation is 2. The van der Waals surface area contributed by atoms with Crippen molar-refractivity contribution in [1.82, 2.24) is 5.32 Å². The molecule has 4 saturated carbocycles. The quantitative estimate of drug-likeness (QED) is 0.775. The molecule has 0 radical (unpaired) electrons. The van der Waals surface area contributed by atoms with E-state index >= 15 is 0 Å². The maximum atomic E-state index is 12.3. The van der Waals surface area contributed by atoms with Crippen molar-refractivity contribution in [3.8, 4) is 0 Å². The lowest BCUT2D eigenvalue weighted by atomic mass is 9.53. The number of hydrogen-bond donors (Lipinski definition) is 3. The SMILES string of the molecule is Cc1ccc(NC(=O)NC(=O)C[NH2+]C23CC4CC(CC(C4)C2)C3)c(C)c1. The van der Waals surface area contributed by atoms with E-state index in [1.807, 2.05) is 32.0 Å². The minimum atomic E-state index is -0.444. The summed E-state index contributed by atoms with van der Waals surface area (Å²) >= 11 is 0. The lowest BCUT2D eigenvalue weighted by Crippen LogP contribution is -3.00. The Kier molecular flexibility index (Phi) is 4.51. The maximum absolute atomic E-state index is 12.3. The summed E-state index contributed by atoms with van der Waals surface area (Å²) < 4.78 is 0. The molecule has 0 atom stereocenters. The van der Waals surface area contributed by atoms with E-state index in [1.165, 1.54) is 38.5 Å². The fraction of sp³-hybridized carbons (Fsp3) is 0.619. The van der Waals surface area contributed by atoms with Gasteiger partial charge in [0.1, 0.15) is 0 Å². The second-order valence-electron chi connectivity index (χ2n) is 9.01. The molecule has 0 spiro atoms. The van der Waals surface area contributed by atoms with E-state index in [0.717, 1.165) is 34.6 Å². The van der Waals surface area contributed by atoms with Gasteiger partial charge in [0.2, 0.25) is 0 Å². The van der Waals surface area contributed by atoms with Crippen LogP contribution in [0.2, 0.25) is 0 Å². The van der Waals surface area contributed by atoms with Gasteiger partial charge in [-0.05, 0) is 62.5 Å². The standard InChI is InChI=1S/C21H29N3O2/c1-13-3-4-18(14(2)5-13)23-20(26)24-19(25)12-22-21-9-15-6-16(10-21)8-17(7-15)11-21/h3-5,15-17,22H,6-12H2,1-2H3,(H2,23,24,25,26)/p+1. The van der Waals surface area contributed by atoms with Crippen LogP contribution in [0.1, 0.15) is 49.7 Å². The Bertz CT molecular complexity index is 693. The van der Waals surface area contributed by atoms with Crippen LogP contribution >= 0.6 is 0 Å². The van der Waals surface area contributed by atoms with Crippen LogP contribution in [-0.2, 0) is 4.79 Å². The number of hydrogen-bond acceptors (Lipinski definition) is 2. The van der Waals surface area contributed by atoms with E-state index in [1.54, 1.807) is 0 Å². The van der Waals surface area contributed by atoms with Crippen molar-refractivity contribution in [2.45, 2.75) is 57.9 Å². The molecule has 1 aromatic carbocycles. The second kappa shape index (κ2) is 6.69. The minimum Gasteiger partial charge on any atom is -0.334 e. The van der Waals surface area contributed by atoms with Gasteiger partial charge in [-0.25, -0.2) is 4.79 Å². The molecule has 3 amide bonds. The van der Waals surface area contributed by atoms with Crippen LogP contribution in [0.5, 0.6) is 0 Å². The smallest absolute Gasteiger partial charge is 0.326 e. The first-order chi connectivity index (χ1) is 12.4. The fourth-order valence-electron chi connectivity index (χ4n) is 6.02. The zero-order chi connectivity index (χ0) is 18.3. The topological polar surface area (TPSA) is 74.8 Å². The number of nitrogens with one attached hydrogen (secondary N) is 2. The van der Waals surface area contributed by atoms with E-state index in [-0.39, 0.29) is 11.4 Å². The molecule has 4 N–H and O–H groups in total. The molecule has 0 aliphatic heterocycles. The monoisotopic (exact) mass is 356 g/mol. The molecule has 1 aromatic rings. The van der Waals surface area contributed by atoms with Crippen LogP contribution in [0.15, 0.2) is 18.2 Å². The average Bonchev–Trinajstić information content (AvgIpc) is 2.54. The highest BCUT2D eigenvalue weighted by atomic mass is 16.2. The van der Waals surface area contributed by atoms with Gasteiger partial charge in [0.25, 0.3) is 5.91 Å². The zero-order valence-electron chi connectivity index (χ0n) is 15.8. The summed E-state index contributed by atoms with van der Waals surface area (Å²) in [6, 6.07) is 5.39. The van der Waals surface area contributed by atoms with Crippen LogP contribution in [0.3, 0.4) is 0 Å². The van der Waals surface area contributed by atoms with Crippen LogP contribution < -0.4 is 16.0 Å². The number of imide groups is 1. The van der Waals surface area contributed by atoms with Crippen LogP contribution in [0.25, 0.3) is 0 Å². The molecule has 4 fully saturated rings. The van der Waals surface area contributed by atoms with Crippen molar-refractivity contribution in [1.29, 1.82) is 0 Å². The predicted molar refractivity (Wildman–Crippen MR) is 101 cm³/mol. The zero-order valence-corrected chi connectivity index (χ0v) is 15.8. The Labute approximate surface area is 155 Å². The van der Waals surface area contributed by atoms with Crippen LogP contribution in [-0.4, -0.2) is 24.0 Å². The molecular weight excluding hydrogens is 326 g/mol. The summed E-state index contributed by atoms with van der Waals surface area (Å²) in [5.41, 5.74) is 3.14. The molecule has 0 unspecified atom stereocenters. The van der Waals surface area contributed by atoms with Crippen molar-refractivity contribution in [2.24, 2.45) is 17.8 Å². The summed E-state index contributed by atoms with van der Waals surface area (Å²) in [6.45, 7) is 4.30. The molecule has 4 bridgehead atoms. The lowest BCUT2D eigenvalue weighted by molar-refractivity contribution is -0.730. The van der Waals surface area contributed by atoms with Gasteiger partial charge in [-0.1, -0.05) is 17.7 Å². The third kappa shape index (κ3) is 3.63. The average molecular weight is 356 g/mol. The first kappa shape index (κ1) is 17.5. The Morgan fingerprint density at radius 2 is 1.69 bits per heavy atom. The normalized spacial score (nSPS) is 31.7. The van der Waals surface area contributed by atoms with E-state index in [2.05, 4.69) is 16.0 Å². The molecule has 4 aliphatic carbocycles. The number of quaternary nitrogens is 1. The van der Waals surface area contributed by atoms with Gasteiger partial charge in [0, 0.05) is 24.9 Å². The van der Waals surface area contributed by atoms with Gasteiger partial charge in [0.05, 0.1) is 5.54 Å². The van der Waals surface area contributed by atoms with Crippen molar-refractivity contribution >= 4 is 17.6 Å². The van der Waals surface area contributed by atoms with Crippen molar-refractivity contribution in [2.75, 3.05) is 11.9 Å². The Morgan fingerprint density at radius 1 is 1.08 bits per heavy atom. The predicted octanol–water partition coefficient (Wildman–Crippen LogP) is 2.48. The first-order valence-electron chi connectivity index (χ1n) is 9.93. The van der Waals surface area contributed by atoms with E-state index in [9.17, 15) is 9.59 Å². The van der Waals surface area contributed by atoms with Crippen LogP contribution in [0, 0.1) is 31.6 Å². The third-order valence-corrected chi connectivity index (χ3v) is 6.69. The van der Waals surface area contributed by atoms with Crippen molar-refractivity contribution in [3.05, 3.63) is 29.3 Å². The molecule has 5 heteroatoms. The molecular formula is C21H30N3O2+. The molecule has 4 aliphatic rings. The fourth-order valence-corrected chi connectivity index (χ4v) is 6.02. The highest BCUT2D eigenvalue weighted by Crippen LogP contribution is 2.54. The van der Waals surface area contributed by atoms with Gasteiger partial charge in [-0.3, -0.25) is 10.1 Å². The van der Waals surface area contributed by atoms with Gasteiger partial charge in [-0.2, -0.15) is 0 Å². The molecule has 5 rings (SSSR count). The number of amides is 3. The number of carbonyl (C=O) groups excluding carboxylic acids is 2. The number of carbonyl (C=O) groups is 2. The minimum absolute atomic E-state index is 0.206. The van der Waals surface area contributed by atoms with Gasteiger partial charge in [-0.15, -0.1) is 0 Å². The van der Waals surface area contributed by atoms with E-state index in [0.29, 0.717) is 6.54 Å². The number of nitrogens with two attached hydrogens (primary N) is 1. The largest absolute Gasteiger partial charge is 0.334 e. The summed E-state index contributed by atoms with van der Waals surface area (Å²) in [5.74, 6) is 2.40. The Hall–Kier alpha value is -1.88. The van der Waals surface area contributed by atoms with Crippen LogP contribution in [0.4, 0.5) is 10.5 Å². The highest BCUT2D eigenvalue weighted by Gasteiger charge is 2.53. The highest BCUT2D eigenvalue weighted by molar-refractivity contribution is 6.01. The molecule has 0 saturated heterocycles. The first-order valence-corrected chi connectivity index (χ1v) is 9.93. The maximum Gasteiger partial charge on any atom is 0.326 e. The second-order valence-corrected chi connectivity index (χ2v) is 9.01. The molecule has 0 aromatic heterocycles. The van der Waals surface area contributed by atoms with Crippen molar-refractivity contribution < 1.29 is 14.9 Å². The van der Waals surface area contributed by atoms with E-state index in [4.69, 9.17) is 0 Å². The van der Waals surface area contributed by atoms with Gasteiger partial charge in [0.15, 0.2) is 6.54 Å². The van der Waals surface area contributed by atoms with Gasteiger partial charge < -0.3 is 10.6 Å². The Morgan fingerprint density at radius 3 is 2.27 bits per heavy atom. The van der Waals surface area contributed by atoms with E-state index < -0.39 is 6.03 Å². The number of urea groups is 1. The third-order valence-electron chi connectivity index (χ3n) is 6.69. The molecule has 0 heterocycles. The molecule has 140 valence electrons. The summed E-state index contributed by atoms with van der Waals surface area (Å²) in [5, 5.41) is 7.49. The van der Waals surface area contributed by atoms with Gasteiger partial charge >= 0.3 is 6.03 Å². The number of anilines is 1. The summed E-state index contributed by atoms with van der Waals surface area (Å²) in [7, 11) is 0. The Balaban J connectivity index is 1.28. The molecule has 5 nitrogen and oxygen atoms in total. The lowest BCUT2D eigenvalue weighted by Gasteiger charge is -2.54. The number of rotatable bonds is 4.